The SMILES string of the molecule is CN=C(NCC(=O)N(C)CC(F)(F)F)NCC(C)Oc1cccc(F)c1.I. The van der Waals surface area contributed by atoms with Gasteiger partial charge < -0.3 is 20.3 Å². The molecule has 1 atom stereocenters. The van der Waals surface area contributed by atoms with Gasteiger partial charge in [0.25, 0.3) is 0 Å². The van der Waals surface area contributed by atoms with Gasteiger partial charge in [-0.25, -0.2) is 4.39 Å². The van der Waals surface area contributed by atoms with Crippen LogP contribution in [0.5, 0.6) is 5.75 Å². The summed E-state index contributed by atoms with van der Waals surface area (Å²) < 4.78 is 55.4. The molecule has 1 aromatic carbocycles. The lowest BCUT2D eigenvalue weighted by atomic mass is 10.3. The monoisotopic (exact) mass is 506 g/mol. The molecule has 2 N–H and O–H groups in total. The Kier molecular flexibility index (Phi) is 11.0. The number of carbonyl (C=O) groups is 1. The summed E-state index contributed by atoms with van der Waals surface area (Å²) in [6.45, 7) is 0.361. The van der Waals surface area contributed by atoms with E-state index in [0.717, 1.165) is 7.05 Å². The first-order valence-electron chi connectivity index (χ1n) is 7.78. The van der Waals surface area contributed by atoms with Gasteiger partial charge in [0.15, 0.2) is 5.96 Å². The predicted molar refractivity (Wildman–Crippen MR) is 105 cm³/mol. The van der Waals surface area contributed by atoms with E-state index in [0.29, 0.717) is 10.6 Å². The maximum Gasteiger partial charge on any atom is 0.406 e. The Bertz CT molecular complexity index is 629. The highest BCUT2D eigenvalue weighted by molar-refractivity contribution is 14.0. The first-order valence-corrected chi connectivity index (χ1v) is 7.78. The minimum atomic E-state index is -4.45. The third kappa shape index (κ3) is 10.8. The van der Waals surface area contributed by atoms with Gasteiger partial charge in [-0.2, -0.15) is 13.2 Å². The first kappa shape index (κ1) is 25.2. The van der Waals surface area contributed by atoms with Crippen molar-refractivity contribution < 1.29 is 27.1 Å². The van der Waals surface area contributed by atoms with E-state index < -0.39 is 24.4 Å². The van der Waals surface area contributed by atoms with Gasteiger partial charge in [-0.1, -0.05) is 6.07 Å². The third-order valence-corrected chi connectivity index (χ3v) is 3.16. The van der Waals surface area contributed by atoms with Gasteiger partial charge in [0.2, 0.25) is 5.91 Å². The molecule has 154 valence electrons. The summed E-state index contributed by atoms with van der Waals surface area (Å²) in [4.78, 5) is 16.1. The number of rotatable bonds is 7. The van der Waals surface area contributed by atoms with Gasteiger partial charge in [-0.15, -0.1) is 24.0 Å². The number of nitrogens with one attached hydrogen (secondary N) is 2. The molecule has 0 radical (unpaired) electrons. The Morgan fingerprint density at radius 1 is 1.33 bits per heavy atom. The summed E-state index contributed by atoms with van der Waals surface area (Å²) >= 11 is 0. The first-order chi connectivity index (χ1) is 12.1. The standard InChI is InChI=1S/C16H22F4N4O2.HI/c1-11(26-13-6-4-5-12(17)7-13)8-22-15(21-2)23-9-14(25)24(3)10-16(18,19)20;/h4-7,11H,8-10H2,1-3H3,(H2,21,22,23);1H. The molecule has 0 saturated carbocycles. The van der Waals surface area contributed by atoms with Gasteiger partial charge in [-0.05, 0) is 19.1 Å². The predicted octanol–water partition coefficient (Wildman–Crippen LogP) is 2.40. The van der Waals surface area contributed by atoms with Crippen molar-refractivity contribution in [2.45, 2.75) is 19.2 Å². The fourth-order valence-corrected chi connectivity index (χ4v) is 1.93. The van der Waals surface area contributed by atoms with E-state index in [1.165, 1.54) is 25.2 Å². The number of carbonyl (C=O) groups excluding carboxylic acids is 1. The molecule has 0 heterocycles. The fraction of sp³-hybridized carbons (Fsp3) is 0.500. The Hall–Kier alpha value is -1.79. The van der Waals surface area contributed by atoms with Crippen molar-refractivity contribution in [3.63, 3.8) is 0 Å². The molecular weight excluding hydrogens is 483 g/mol. The molecule has 0 aliphatic heterocycles. The van der Waals surface area contributed by atoms with Crippen LogP contribution in [0.15, 0.2) is 29.3 Å². The van der Waals surface area contributed by atoms with Crippen LogP contribution in [-0.2, 0) is 4.79 Å². The number of aliphatic imine (C=N–C) groups is 1. The van der Waals surface area contributed by atoms with Crippen LogP contribution in [0.4, 0.5) is 17.6 Å². The number of halogens is 5. The van der Waals surface area contributed by atoms with Gasteiger partial charge >= 0.3 is 6.18 Å². The molecule has 6 nitrogen and oxygen atoms in total. The molecule has 1 unspecified atom stereocenters. The fourth-order valence-electron chi connectivity index (χ4n) is 1.93. The Morgan fingerprint density at radius 2 is 2.00 bits per heavy atom. The van der Waals surface area contributed by atoms with Gasteiger partial charge in [0, 0.05) is 20.2 Å². The van der Waals surface area contributed by atoms with E-state index in [4.69, 9.17) is 4.74 Å². The largest absolute Gasteiger partial charge is 0.489 e. The minimum Gasteiger partial charge on any atom is -0.489 e. The zero-order chi connectivity index (χ0) is 19.7. The Morgan fingerprint density at radius 3 is 2.56 bits per heavy atom. The number of guanidine groups is 1. The van der Waals surface area contributed by atoms with Gasteiger partial charge in [0.1, 0.15) is 24.2 Å². The van der Waals surface area contributed by atoms with Crippen LogP contribution in [0.3, 0.4) is 0 Å². The van der Waals surface area contributed by atoms with Crippen LogP contribution in [0.2, 0.25) is 0 Å². The number of hydrogen-bond donors (Lipinski definition) is 2. The van der Waals surface area contributed by atoms with Gasteiger partial charge in [-0.3, -0.25) is 9.79 Å². The van der Waals surface area contributed by atoms with E-state index in [-0.39, 0.29) is 49.1 Å². The van der Waals surface area contributed by atoms with Crippen molar-refractivity contribution in [2.75, 3.05) is 33.7 Å². The summed E-state index contributed by atoms with van der Waals surface area (Å²) in [5.74, 6) is -0.546. The number of ether oxygens (including phenoxy) is 1. The average molecular weight is 506 g/mol. The Balaban J connectivity index is 0.00000676. The quantitative estimate of drug-likeness (QED) is 0.258. The molecule has 1 amide bonds. The molecule has 0 aliphatic rings. The van der Waals surface area contributed by atoms with Crippen LogP contribution in [0.1, 0.15) is 6.92 Å². The van der Waals surface area contributed by atoms with Crippen LogP contribution >= 0.6 is 24.0 Å². The molecule has 11 heteroatoms. The van der Waals surface area contributed by atoms with Crippen LogP contribution < -0.4 is 15.4 Å². The average Bonchev–Trinajstić information content (AvgIpc) is 2.53. The maximum atomic E-state index is 13.1. The molecule has 1 aromatic rings. The topological polar surface area (TPSA) is 66.0 Å². The summed E-state index contributed by atoms with van der Waals surface area (Å²) in [6, 6.07) is 5.68. The van der Waals surface area contributed by atoms with Crippen LogP contribution in [0, 0.1) is 5.82 Å². The zero-order valence-corrected chi connectivity index (χ0v) is 17.5. The normalized spacial score (nSPS) is 12.6. The lowest BCUT2D eigenvalue weighted by Gasteiger charge is -2.21. The Labute approximate surface area is 172 Å². The second kappa shape index (κ2) is 11.8. The maximum absolute atomic E-state index is 13.1. The van der Waals surface area contributed by atoms with Crippen molar-refractivity contribution in [1.29, 1.82) is 0 Å². The van der Waals surface area contributed by atoms with Crippen molar-refractivity contribution in [2.24, 2.45) is 4.99 Å². The number of nitrogens with zero attached hydrogens (tertiary/aromatic N) is 2. The lowest BCUT2D eigenvalue weighted by Crippen LogP contribution is -2.47. The van der Waals surface area contributed by atoms with E-state index in [9.17, 15) is 22.4 Å². The summed E-state index contributed by atoms with van der Waals surface area (Å²) in [6.07, 6.45) is -4.80. The minimum absolute atomic E-state index is 0. The van der Waals surface area contributed by atoms with Crippen LogP contribution in [-0.4, -0.2) is 62.8 Å². The molecule has 1 rings (SSSR count). The van der Waals surface area contributed by atoms with E-state index in [1.54, 1.807) is 13.0 Å². The molecule has 0 spiro atoms. The summed E-state index contributed by atoms with van der Waals surface area (Å²) in [7, 11) is 2.53. The molecule has 0 aliphatic carbocycles. The highest BCUT2D eigenvalue weighted by Crippen LogP contribution is 2.15. The highest BCUT2D eigenvalue weighted by atomic mass is 127. The van der Waals surface area contributed by atoms with E-state index >= 15 is 0 Å². The van der Waals surface area contributed by atoms with Crippen molar-refractivity contribution in [3.8, 4) is 5.75 Å². The number of alkyl halides is 3. The molecule has 0 bridgehead atoms. The summed E-state index contributed by atoms with van der Waals surface area (Å²) in [5.41, 5.74) is 0. The number of benzene rings is 1. The van der Waals surface area contributed by atoms with E-state index in [1.807, 2.05) is 0 Å². The van der Waals surface area contributed by atoms with Crippen LogP contribution in [0.25, 0.3) is 0 Å². The molecule has 0 aromatic heterocycles. The molecule has 0 fully saturated rings. The van der Waals surface area contributed by atoms with Crippen molar-refractivity contribution in [1.82, 2.24) is 15.5 Å². The second-order valence-corrected chi connectivity index (χ2v) is 5.56. The third-order valence-electron chi connectivity index (χ3n) is 3.16. The van der Waals surface area contributed by atoms with Gasteiger partial charge in [0.05, 0.1) is 13.1 Å². The zero-order valence-electron chi connectivity index (χ0n) is 15.1. The number of amides is 1. The molecule has 27 heavy (non-hydrogen) atoms. The van der Waals surface area contributed by atoms with E-state index in [2.05, 4.69) is 15.6 Å². The highest BCUT2D eigenvalue weighted by Gasteiger charge is 2.31. The summed E-state index contributed by atoms with van der Waals surface area (Å²) in [5, 5.41) is 5.50. The number of hydrogen-bond acceptors (Lipinski definition) is 3. The number of likely N-dealkylation sites (N-methyl/N-ethyl adjacent to an activating group) is 1. The van der Waals surface area contributed by atoms with Crippen molar-refractivity contribution in [3.05, 3.63) is 30.1 Å². The second-order valence-electron chi connectivity index (χ2n) is 5.56. The smallest absolute Gasteiger partial charge is 0.406 e. The lowest BCUT2D eigenvalue weighted by molar-refractivity contribution is -0.157. The molecule has 0 saturated heterocycles. The molecular formula is C16H23F4IN4O2. The van der Waals surface area contributed by atoms with Crippen molar-refractivity contribution >= 4 is 35.8 Å².